The van der Waals surface area contributed by atoms with Crippen LogP contribution in [0.25, 0.3) is 0 Å². The van der Waals surface area contributed by atoms with Gasteiger partial charge >= 0.3 is 0 Å². The summed E-state index contributed by atoms with van der Waals surface area (Å²) in [6.07, 6.45) is 1.03. The minimum absolute atomic E-state index is 0.127. The van der Waals surface area contributed by atoms with Crippen molar-refractivity contribution in [2.24, 2.45) is 0 Å². The predicted octanol–water partition coefficient (Wildman–Crippen LogP) is 3.20. The van der Waals surface area contributed by atoms with E-state index in [1.165, 1.54) is 17.3 Å². The van der Waals surface area contributed by atoms with Gasteiger partial charge in [-0.3, -0.25) is 10.1 Å². The first-order valence-electron chi connectivity index (χ1n) is 6.97. The molecule has 3 rings (SSSR count). The lowest BCUT2D eigenvalue weighted by molar-refractivity contribution is -0.384. The summed E-state index contributed by atoms with van der Waals surface area (Å²) in [4.78, 5) is 13.1. The van der Waals surface area contributed by atoms with Gasteiger partial charge in [0.05, 0.1) is 4.92 Å². The Hall–Kier alpha value is -2.56. The normalized spacial score (nSPS) is 13.1. The molecule has 0 aliphatic carbocycles. The van der Waals surface area contributed by atoms with E-state index < -0.39 is 0 Å². The molecule has 5 nitrogen and oxygen atoms in total. The summed E-state index contributed by atoms with van der Waals surface area (Å²) in [6.45, 7) is 1.63. The van der Waals surface area contributed by atoms with Gasteiger partial charge in [-0.05, 0) is 18.1 Å². The summed E-state index contributed by atoms with van der Waals surface area (Å²) in [7, 11) is 1.73. The Kier molecular flexibility index (Phi) is 3.48. The Labute approximate surface area is 123 Å². The second kappa shape index (κ2) is 5.44. The molecule has 1 aliphatic heterocycles. The molecule has 108 valence electrons. The quantitative estimate of drug-likeness (QED) is 0.691. The molecule has 1 heterocycles. The monoisotopic (exact) mass is 283 g/mol. The molecule has 0 saturated carbocycles. The van der Waals surface area contributed by atoms with Gasteiger partial charge < -0.3 is 10.2 Å². The van der Waals surface area contributed by atoms with E-state index in [1.54, 1.807) is 13.1 Å². The first kappa shape index (κ1) is 13.4. The number of nitro groups is 1. The number of nitrogens with one attached hydrogen (secondary N) is 1. The van der Waals surface area contributed by atoms with Crippen LogP contribution in [0.15, 0.2) is 42.5 Å². The fraction of sp³-hybridized carbons (Fsp3) is 0.250. The van der Waals surface area contributed by atoms with E-state index in [9.17, 15) is 10.1 Å². The van der Waals surface area contributed by atoms with Crippen molar-refractivity contribution in [1.29, 1.82) is 0 Å². The molecule has 0 amide bonds. The van der Waals surface area contributed by atoms with Gasteiger partial charge in [0.25, 0.3) is 5.69 Å². The van der Waals surface area contributed by atoms with E-state index >= 15 is 0 Å². The number of para-hydroxylation sites is 2. The molecule has 0 fully saturated rings. The van der Waals surface area contributed by atoms with Crippen LogP contribution in [0.5, 0.6) is 0 Å². The lowest BCUT2D eigenvalue weighted by Crippen LogP contribution is -2.20. The standard InChI is InChI=1S/C16H17N3O2/c1-17-16-13(6-4-8-15(16)19(20)21)11-18-10-9-12-5-2-3-7-14(12)18/h2-8,17H,9-11H2,1H3. The smallest absolute Gasteiger partial charge is 0.292 e. The number of rotatable bonds is 4. The van der Waals surface area contributed by atoms with Gasteiger partial charge in [-0.1, -0.05) is 30.3 Å². The maximum Gasteiger partial charge on any atom is 0.292 e. The molecule has 21 heavy (non-hydrogen) atoms. The molecule has 0 atom stereocenters. The third-order valence-electron chi connectivity index (χ3n) is 3.92. The van der Waals surface area contributed by atoms with Crippen molar-refractivity contribution >= 4 is 17.1 Å². The first-order valence-corrected chi connectivity index (χ1v) is 6.97. The molecule has 0 saturated heterocycles. The first-order chi connectivity index (χ1) is 10.2. The zero-order valence-corrected chi connectivity index (χ0v) is 11.9. The zero-order chi connectivity index (χ0) is 14.8. The summed E-state index contributed by atoms with van der Waals surface area (Å²) in [6, 6.07) is 13.6. The second-order valence-electron chi connectivity index (χ2n) is 5.12. The van der Waals surface area contributed by atoms with E-state index in [0.29, 0.717) is 12.2 Å². The highest BCUT2D eigenvalue weighted by Gasteiger charge is 2.22. The van der Waals surface area contributed by atoms with Crippen LogP contribution in [0.4, 0.5) is 17.1 Å². The SMILES string of the molecule is CNc1c(CN2CCc3ccccc32)cccc1[N+](=O)[O-]. The Morgan fingerprint density at radius 2 is 2.05 bits per heavy atom. The van der Waals surface area contributed by atoms with Crippen molar-refractivity contribution in [1.82, 2.24) is 0 Å². The van der Waals surface area contributed by atoms with Crippen LogP contribution in [0.1, 0.15) is 11.1 Å². The van der Waals surface area contributed by atoms with Crippen molar-refractivity contribution in [3.05, 3.63) is 63.7 Å². The third-order valence-corrected chi connectivity index (χ3v) is 3.92. The molecule has 5 heteroatoms. The van der Waals surface area contributed by atoms with Gasteiger partial charge in [0.2, 0.25) is 0 Å². The molecule has 0 bridgehead atoms. The number of anilines is 2. The highest BCUT2D eigenvalue weighted by atomic mass is 16.6. The Morgan fingerprint density at radius 3 is 2.81 bits per heavy atom. The average molecular weight is 283 g/mol. The second-order valence-corrected chi connectivity index (χ2v) is 5.12. The molecular weight excluding hydrogens is 266 g/mol. The fourth-order valence-corrected chi connectivity index (χ4v) is 2.94. The number of benzene rings is 2. The molecule has 2 aromatic rings. The van der Waals surface area contributed by atoms with E-state index in [2.05, 4.69) is 28.4 Å². The predicted molar refractivity (Wildman–Crippen MR) is 83.8 cm³/mol. The lowest BCUT2D eigenvalue weighted by atomic mass is 10.1. The number of hydrogen-bond acceptors (Lipinski definition) is 4. The van der Waals surface area contributed by atoms with Gasteiger partial charge in [0.15, 0.2) is 0 Å². The molecule has 0 unspecified atom stereocenters. The molecule has 1 aliphatic rings. The summed E-state index contributed by atoms with van der Waals surface area (Å²) in [5, 5.41) is 14.1. The number of hydrogen-bond donors (Lipinski definition) is 1. The minimum atomic E-state index is -0.340. The Bertz CT molecular complexity index is 685. The van der Waals surface area contributed by atoms with Crippen molar-refractivity contribution in [2.75, 3.05) is 23.8 Å². The van der Waals surface area contributed by atoms with E-state index in [1.807, 2.05) is 12.1 Å². The summed E-state index contributed by atoms with van der Waals surface area (Å²) < 4.78 is 0. The Balaban J connectivity index is 1.93. The summed E-state index contributed by atoms with van der Waals surface area (Å²) in [5.41, 5.74) is 4.25. The van der Waals surface area contributed by atoms with E-state index in [4.69, 9.17) is 0 Å². The van der Waals surface area contributed by atoms with Crippen LogP contribution >= 0.6 is 0 Å². The lowest BCUT2D eigenvalue weighted by Gasteiger charge is -2.21. The summed E-state index contributed by atoms with van der Waals surface area (Å²) in [5.74, 6) is 0. The molecule has 0 spiro atoms. The Morgan fingerprint density at radius 1 is 1.24 bits per heavy atom. The van der Waals surface area contributed by atoms with Crippen LogP contribution in [-0.4, -0.2) is 18.5 Å². The topological polar surface area (TPSA) is 58.4 Å². The van der Waals surface area contributed by atoms with Gasteiger partial charge in [0, 0.05) is 37.5 Å². The highest BCUT2D eigenvalue weighted by Crippen LogP contribution is 2.33. The van der Waals surface area contributed by atoms with Crippen molar-refractivity contribution in [2.45, 2.75) is 13.0 Å². The van der Waals surface area contributed by atoms with Crippen LogP contribution in [0.2, 0.25) is 0 Å². The molecule has 1 N–H and O–H groups in total. The van der Waals surface area contributed by atoms with Crippen molar-refractivity contribution in [3.63, 3.8) is 0 Å². The number of fused-ring (bicyclic) bond motifs is 1. The van der Waals surface area contributed by atoms with Crippen LogP contribution < -0.4 is 10.2 Å². The van der Waals surface area contributed by atoms with Crippen LogP contribution in [0.3, 0.4) is 0 Å². The van der Waals surface area contributed by atoms with Gasteiger partial charge in [-0.2, -0.15) is 0 Å². The largest absolute Gasteiger partial charge is 0.382 e. The molecule has 2 aromatic carbocycles. The fourth-order valence-electron chi connectivity index (χ4n) is 2.94. The number of nitrogens with zero attached hydrogens (tertiary/aromatic N) is 2. The van der Waals surface area contributed by atoms with Gasteiger partial charge in [-0.15, -0.1) is 0 Å². The van der Waals surface area contributed by atoms with Gasteiger partial charge in [-0.25, -0.2) is 0 Å². The molecular formula is C16H17N3O2. The average Bonchev–Trinajstić information content (AvgIpc) is 2.90. The van der Waals surface area contributed by atoms with Crippen molar-refractivity contribution < 1.29 is 4.92 Å². The maximum absolute atomic E-state index is 11.1. The van der Waals surface area contributed by atoms with E-state index in [-0.39, 0.29) is 10.6 Å². The van der Waals surface area contributed by atoms with Crippen molar-refractivity contribution in [3.8, 4) is 0 Å². The van der Waals surface area contributed by atoms with Gasteiger partial charge in [0.1, 0.15) is 5.69 Å². The summed E-state index contributed by atoms with van der Waals surface area (Å²) >= 11 is 0. The molecule has 0 aromatic heterocycles. The van der Waals surface area contributed by atoms with E-state index in [0.717, 1.165) is 18.5 Å². The zero-order valence-electron chi connectivity index (χ0n) is 11.9. The number of nitro benzene ring substituents is 1. The minimum Gasteiger partial charge on any atom is -0.382 e. The van der Waals surface area contributed by atoms with Crippen LogP contribution in [0, 0.1) is 10.1 Å². The third kappa shape index (κ3) is 2.42. The molecule has 0 radical (unpaired) electrons. The maximum atomic E-state index is 11.1. The van der Waals surface area contributed by atoms with Crippen LogP contribution in [-0.2, 0) is 13.0 Å². The highest BCUT2D eigenvalue weighted by molar-refractivity contribution is 5.68.